The van der Waals surface area contributed by atoms with Crippen molar-refractivity contribution in [3.05, 3.63) is 59.7 Å². The van der Waals surface area contributed by atoms with Gasteiger partial charge in [-0.2, -0.15) is 0 Å². The van der Waals surface area contributed by atoms with Crippen LogP contribution in [0, 0.1) is 0 Å². The molecule has 0 atom stereocenters. The Labute approximate surface area is 137 Å². The molecule has 1 aliphatic rings. The Morgan fingerprint density at radius 2 is 1.42 bits per heavy atom. The van der Waals surface area contributed by atoms with Crippen molar-refractivity contribution in [2.24, 2.45) is 0 Å². The number of fused-ring (bicyclic) bond motifs is 3. The quantitative estimate of drug-likeness (QED) is 0.809. The topological polar surface area (TPSA) is 57.8 Å². The van der Waals surface area contributed by atoms with E-state index in [-0.39, 0.29) is 44.1 Å². The van der Waals surface area contributed by atoms with Gasteiger partial charge in [-0.05, 0) is 22.3 Å². The minimum atomic E-state index is 0. The van der Waals surface area contributed by atoms with Gasteiger partial charge in [0.15, 0.2) is 0 Å². The van der Waals surface area contributed by atoms with Crippen molar-refractivity contribution in [2.45, 2.75) is 5.92 Å². The van der Waals surface area contributed by atoms with Crippen LogP contribution < -0.4 is 0 Å². The van der Waals surface area contributed by atoms with Crippen LogP contribution in [0.1, 0.15) is 17.0 Å². The summed E-state index contributed by atoms with van der Waals surface area (Å²) in [7, 11) is 0. The Hall–Kier alpha value is -1.03. The van der Waals surface area contributed by atoms with Crippen molar-refractivity contribution >= 4 is 6.47 Å². The molecule has 0 amide bonds. The summed E-state index contributed by atoms with van der Waals surface area (Å²) < 4.78 is 4.83. The fraction of sp³-hybridized carbons (Fsp3) is 0.133. The summed E-state index contributed by atoms with van der Waals surface area (Å²) in [4.78, 5) is 10.2. The van der Waals surface area contributed by atoms with Crippen LogP contribution in [0.5, 0.6) is 0 Å². The summed E-state index contributed by atoms with van der Waals surface area (Å²) in [5.74, 6) is 0.142. The van der Waals surface area contributed by atoms with E-state index < -0.39 is 0 Å². The first-order valence-corrected chi connectivity index (χ1v) is 5.59. The van der Waals surface area contributed by atoms with Gasteiger partial charge in [-0.15, -0.1) is 0 Å². The van der Waals surface area contributed by atoms with Crippen molar-refractivity contribution in [3.63, 3.8) is 0 Å². The first-order chi connectivity index (χ1) is 8.42. The Balaban J connectivity index is 0.000000902. The van der Waals surface area contributed by atoms with E-state index in [2.05, 4.69) is 24.3 Å². The van der Waals surface area contributed by atoms with Crippen molar-refractivity contribution in [2.75, 3.05) is 6.61 Å². The molecule has 1 aliphatic carbocycles. The van der Waals surface area contributed by atoms with Gasteiger partial charge in [0.05, 0.1) is 6.61 Å². The number of carbonyl (C=O) groups excluding carboxylic acids is 1. The van der Waals surface area contributed by atoms with Crippen molar-refractivity contribution in [3.8, 4) is 11.1 Å². The van der Waals surface area contributed by atoms with Gasteiger partial charge >= 0.3 is 0 Å². The van der Waals surface area contributed by atoms with Gasteiger partial charge in [-0.3, -0.25) is 0 Å². The molecule has 0 aromatic heterocycles. The number of hydrogen-bond donors (Lipinski definition) is 0. The largest absolute Gasteiger partial charge is 0.652 e. The average Bonchev–Trinajstić information content (AvgIpc) is 2.71. The van der Waals surface area contributed by atoms with E-state index in [1.807, 2.05) is 24.3 Å². The van der Waals surface area contributed by atoms with Crippen LogP contribution in [-0.4, -0.2) is 18.6 Å². The molecule has 0 fully saturated rings. The summed E-state index contributed by atoms with van der Waals surface area (Å²) in [6.07, 6.45) is 0. The molecule has 0 bridgehead atoms. The van der Waals surface area contributed by atoms with Gasteiger partial charge < -0.3 is 15.0 Å². The van der Waals surface area contributed by atoms with E-state index in [9.17, 15) is 4.79 Å². The van der Waals surface area contributed by atoms with Crippen LogP contribution in [0.15, 0.2) is 48.5 Å². The van der Waals surface area contributed by atoms with Crippen molar-refractivity contribution in [1.82, 2.24) is 0 Å². The summed E-state index contributed by atoms with van der Waals surface area (Å²) in [6.45, 7) is 1.86. The van der Waals surface area contributed by atoms with Crippen LogP contribution in [0.4, 0.5) is 0 Å². The minimum absolute atomic E-state index is 0. The summed E-state index contributed by atoms with van der Waals surface area (Å²) in [5.41, 5.74) is 4.93. The first-order valence-electron chi connectivity index (χ1n) is 5.59. The van der Waals surface area contributed by atoms with E-state index in [0.29, 0.717) is 6.61 Å². The molecule has 3 nitrogen and oxygen atoms in total. The molecule has 1 radical (unpaired) electrons. The van der Waals surface area contributed by atoms with Crippen LogP contribution in [0.2, 0.25) is 0 Å². The summed E-state index contributed by atoms with van der Waals surface area (Å²) in [6, 6.07) is 16.5. The van der Waals surface area contributed by atoms with Gasteiger partial charge in [0.1, 0.15) is 0 Å². The van der Waals surface area contributed by atoms with E-state index in [0.717, 1.165) is 0 Å². The molecule has 4 heteroatoms. The van der Waals surface area contributed by atoms with Gasteiger partial charge in [-0.25, -0.2) is 0 Å². The second kappa shape index (κ2) is 6.94. The molecule has 2 aromatic rings. The number of ether oxygens (including phenoxy) is 1. The Bertz CT molecular complexity index is 523. The standard InChI is InChI=1S/C15H11O2.H2O.Y/c16-10-17-9-15-13-7-3-1-5-11(13)12-6-2-4-8-14(12)15;;/h1-8,15H,9H2;1H2;/q-1;;. The maximum atomic E-state index is 10.2. The molecule has 0 unspecified atom stereocenters. The zero-order valence-electron chi connectivity index (χ0n) is 10.3. The SMILES string of the molecule is O.O=[C-]OCC1c2ccccc2-c2ccccc21.[Y]. The molecule has 0 heterocycles. The molecule has 0 saturated heterocycles. The zero-order valence-corrected chi connectivity index (χ0v) is 13.1. The third-order valence-corrected chi connectivity index (χ3v) is 3.27. The molecule has 19 heavy (non-hydrogen) atoms. The normalized spacial score (nSPS) is 11.6. The Morgan fingerprint density at radius 3 is 1.89 bits per heavy atom. The smallest absolute Gasteiger partial charge is 0.0593 e. The number of benzene rings is 2. The van der Waals surface area contributed by atoms with E-state index >= 15 is 0 Å². The predicted octanol–water partition coefficient (Wildman–Crippen LogP) is 2.06. The minimum Gasteiger partial charge on any atom is -0.652 e. The van der Waals surface area contributed by atoms with Gasteiger partial charge in [0, 0.05) is 38.6 Å². The summed E-state index contributed by atoms with van der Waals surface area (Å²) in [5, 5.41) is 0. The third kappa shape index (κ3) is 2.78. The summed E-state index contributed by atoms with van der Waals surface area (Å²) >= 11 is 0. The molecular formula is C15H13O3Y-. The maximum absolute atomic E-state index is 10.2. The zero-order chi connectivity index (χ0) is 11.7. The van der Waals surface area contributed by atoms with E-state index in [1.165, 1.54) is 28.7 Å². The van der Waals surface area contributed by atoms with Crippen molar-refractivity contribution < 1.29 is 47.7 Å². The molecule has 0 aliphatic heterocycles. The van der Waals surface area contributed by atoms with Gasteiger partial charge in [0.25, 0.3) is 0 Å². The van der Waals surface area contributed by atoms with E-state index in [1.54, 1.807) is 0 Å². The maximum Gasteiger partial charge on any atom is 0.0593 e. The number of hydrogen-bond acceptors (Lipinski definition) is 2. The fourth-order valence-corrected chi connectivity index (χ4v) is 2.56. The van der Waals surface area contributed by atoms with Crippen LogP contribution >= 0.6 is 0 Å². The molecule has 2 N–H and O–H groups in total. The number of rotatable bonds is 3. The average molecular weight is 330 g/mol. The molecule has 95 valence electrons. The molecule has 0 spiro atoms. The first kappa shape index (κ1) is 16.0. The van der Waals surface area contributed by atoms with Gasteiger partial charge in [0.2, 0.25) is 0 Å². The van der Waals surface area contributed by atoms with Crippen molar-refractivity contribution in [1.29, 1.82) is 0 Å². The molecule has 3 rings (SSSR count). The molecule has 0 saturated carbocycles. The molecule has 2 aromatic carbocycles. The van der Waals surface area contributed by atoms with E-state index in [4.69, 9.17) is 4.74 Å². The Kier molecular flexibility index (Phi) is 5.86. The molecular weight excluding hydrogens is 317 g/mol. The third-order valence-electron chi connectivity index (χ3n) is 3.27. The van der Waals surface area contributed by atoms with Crippen LogP contribution in [-0.2, 0) is 42.2 Å². The van der Waals surface area contributed by atoms with Crippen LogP contribution in [0.25, 0.3) is 11.1 Å². The predicted molar refractivity (Wildman–Crippen MR) is 69.0 cm³/mol. The van der Waals surface area contributed by atoms with Crippen LogP contribution in [0.3, 0.4) is 0 Å². The Morgan fingerprint density at radius 1 is 0.947 bits per heavy atom. The monoisotopic (exact) mass is 330 g/mol. The second-order valence-corrected chi connectivity index (χ2v) is 4.12. The van der Waals surface area contributed by atoms with Gasteiger partial charge in [-0.1, -0.05) is 55.0 Å². The fourth-order valence-electron chi connectivity index (χ4n) is 2.56. The second-order valence-electron chi connectivity index (χ2n) is 4.12.